The molecular formula is C28H23N5OS. The van der Waals surface area contributed by atoms with Gasteiger partial charge in [-0.2, -0.15) is 5.26 Å². The Balaban J connectivity index is 1.24. The summed E-state index contributed by atoms with van der Waals surface area (Å²) in [5.41, 5.74) is 4.98. The fourth-order valence-electron chi connectivity index (χ4n) is 4.93. The maximum Gasteiger partial charge on any atom is 0.262 e. The van der Waals surface area contributed by atoms with Gasteiger partial charge in [0.15, 0.2) is 0 Å². The van der Waals surface area contributed by atoms with Crippen LogP contribution in [-0.2, 0) is 25.9 Å². The third-order valence-corrected chi connectivity index (χ3v) is 7.93. The highest BCUT2D eigenvalue weighted by atomic mass is 32.1. The van der Waals surface area contributed by atoms with E-state index in [1.165, 1.54) is 16.0 Å². The average molecular weight is 478 g/mol. The predicted octanol–water partition coefficient (Wildman–Crippen LogP) is 4.57. The van der Waals surface area contributed by atoms with Crippen LogP contribution in [0.15, 0.2) is 71.9 Å². The molecule has 7 heteroatoms. The Morgan fingerprint density at radius 3 is 2.83 bits per heavy atom. The first kappa shape index (κ1) is 21.7. The number of benzene rings is 2. The topological polar surface area (TPSA) is 83.6 Å². The van der Waals surface area contributed by atoms with Gasteiger partial charge in [0.05, 0.1) is 35.4 Å². The maximum absolute atomic E-state index is 13.5. The number of hydrogen-bond donors (Lipinski definition) is 1. The first-order chi connectivity index (χ1) is 17.2. The van der Waals surface area contributed by atoms with Gasteiger partial charge >= 0.3 is 0 Å². The van der Waals surface area contributed by atoms with Crippen LogP contribution >= 0.6 is 11.3 Å². The smallest absolute Gasteiger partial charge is 0.262 e. The van der Waals surface area contributed by atoms with Crippen LogP contribution < -0.4 is 10.9 Å². The van der Waals surface area contributed by atoms with Crippen LogP contribution in [0.5, 0.6) is 0 Å². The van der Waals surface area contributed by atoms with Crippen molar-refractivity contribution < 1.29 is 0 Å². The molecular weight excluding hydrogens is 454 g/mol. The second-order valence-electron chi connectivity index (χ2n) is 8.98. The van der Waals surface area contributed by atoms with Gasteiger partial charge in [0, 0.05) is 29.0 Å². The summed E-state index contributed by atoms with van der Waals surface area (Å²) in [6, 6.07) is 20.3. The molecule has 1 aliphatic rings. The zero-order valence-corrected chi connectivity index (χ0v) is 19.9. The summed E-state index contributed by atoms with van der Waals surface area (Å²) in [6.45, 7) is 1.22. The number of nitrogens with one attached hydrogen (secondary N) is 1. The molecule has 6 nitrogen and oxygen atoms in total. The minimum Gasteiger partial charge on any atom is -0.310 e. The number of nitrogens with zero attached hydrogens (tertiary/aromatic N) is 4. The number of nitriles is 1. The molecule has 0 saturated heterocycles. The molecule has 0 aliphatic heterocycles. The standard InChI is InChI=1S/C28H23N5OS/c29-14-18-6-8-19(9-7-18)15-31-22-10-11-23-24(13-22)35-27-25(23)28(34)33(17-32-27)16-21-4-1-3-20-5-2-12-30-26(20)21/h1-9,12,17,22,31H,10-11,13,15-16H2. The van der Waals surface area contributed by atoms with Crippen molar-refractivity contribution >= 4 is 32.5 Å². The molecule has 35 heavy (non-hydrogen) atoms. The van der Waals surface area contributed by atoms with Crippen LogP contribution in [0.1, 0.15) is 33.6 Å². The number of thiophene rings is 1. The quantitative estimate of drug-likeness (QED) is 0.401. The van der Waals surface area contributed by atoms with E-state index in [1.807, 2.05) is 54.6 Å². The molecule has 3 aromatic heterocycles. The van der Waals surface area contributed by atoms with Crippen LogP contribution in [-0.4, -0.2) is 20.6 Å². The highest BCUT2D eigenvalue weighted by molar-refractivity contribution is 7.18. The van der Waals surface area contributed by atoms with Gasteiger partial charge in [-0.3, -0.25) is 14.3 Å². The lowest BCUT2D eigenvalue weighted by Crippen LogP contribution is -2.33. The lowest BCUT2D eigenvalue weighted by atomic mass is 9.93. The van der Waals surface area contributed by atoms with E-state index < -0.39 is 0 Å². The van der Waals surface area contributed by atoms with E-state index in [9.17, 15) is 4.79 Å². The summed E-state index contributed by atoms with van der Waals surface area (Å²) in [5.74, 6) is 0. The molecule has 172 valence electrons. The summed E-state index contributed by atoms with van der Waals surface area (Å²) in [5, 5.41) is 14.5. The summed E-state index contributed by atoms with van der Waals surface area (Å²) >= 11 is 1.65. The number of para-hydroxylation sites is 1. The van der Waals surface area contributed by atoms with Gasteiger partial charge in [-0.15, -0.1) is 11.3 Å². The van der Waals surface area contributed by atoms with E-state index in [2.05, 4.69) is 21.4 Å². The zero-order chi connectivity index (χ0) is 23.8. The van der Waals surface area contributed by atoms with E-state index in [0.717, 1.165) is 52.5 Å². The van der Waals surface area contributed by atoms with Crippen LogP contribution in [0.4, 0.5) is 0 Å². The number of aryl methyl sites for hydroxylation is 1. The number of aromatic nitrogens is 3. The fraction of sp³-hybridized carbons (Fsp3) is 0.214. The van der Waals surface area contributed by atoms with Crippen LogP contribution in [0, 0.1) is 11.3 Å². The molecule has 0 bridgehead atoms. The van der Waals surface area contributed by atoms with Gasteiger partial charge in [-0.1, -0.05) is 36.4 Å². The Morgan fingerprint density at radius 1 is 1.11 bits per heavy atom. The Hall–Kier alpha value is -3.86. The van der Waals surface area contributed by atoms with Crippen LogP contribution in [0.2, 0.25) is 0 Å². The third-order valence-electron chi connectivity index (χ3n) is 6.77. The van der Waals surface area contributed by atoms with Gasteiger partial charge < -0.3 is 5.32 Å². The molecule has 5 aromatic rings. The molecule has 1 atom stereocenters. The summed E-state index contributed by atoms with van der Waals surface area (Å²) < 4.78 is 1.72. The second-order valence-corrected chi connectivity index (χ2v) is 10.1. The molecule has 0 spiro atoms. The van der Waals surface area contributed by atoms with E-state index in [0.29, 0.717) is 18.2 Å². The van der Waals surface area contributed by atoms with Crippen LogP contribution in [0.3, 0.4) is 0 Å². The van der Waals surface area contributed by atoms with Crippen molar-refractivity contribution in [2.45, 2.75) is 38.4 Å². The average Bonchev–Trinajstić information content (AvgIpc) is 3.28. The first-order valence-electron chi connectivity index (χ1n) is 11.7. The lowest BCUT2D eigenvalue weighted by molar-refractivity contribution is 0.462. The Morgan fingerprint density at radius 2 is 1.97 bits per heavy atom. The molecule has 1 aliphatic carbocycles. The number of hydrogen-bond acceptors (Lipinski definition) is 6. The van der Waals surface area contributed by atoms with Crippen LogP contribution in [0.25, 0.3) is 21.1 Å². The van der Waals surface area contributed by atoms with Crippen molar-refractivity contribution in [2.75, 3.05) is 0 Å². The molecule has 1 unspecified atom stereocenters. The molecule has 0 saturated carbocycles. The van der Waals surface area contributed by atoms with Crippen molar-refractivity contribution in [3.8, 4) is 6.07 Å². The zero-order valence-electron chi connectivity index (χ0n) is 19.1. The first-order valence-corrected chi connectivity index (χ1v) is 12.6. The molecule has 0 fully saturated rings. The SMILES string of the molecule is N#Cc1ccc(CNC2CCc3c(sc4ncn(Cc5cccc6cccnc56)c(=O)c34)C2)cc1. The molecule has 6 rings (SSSR count). The summed E-state index contributed by atoms with van der Waals surface area (Å²) in [7, 11) is 0. The summed E-state index contributed by atoms with van der Waals surface area (Å²) in [4.78, 5) is 24.8. The van der Waals surface area contributed by atoms with E-state index in [1.54, 1.807) is 28.4 Å². The van der Waals surface area contributed by atoms with E-state index >= 15 is 0 Å². The minimum absolute atomic E-state index is 0.0319. The van der Waals surface area contributed by atoms with Crippen molar-refractivity contribution in [3.63, 3.8) is 0 Å². The van der Waals surface area contributed by atoms with Gasteiger partial charge in [0.1, 0.15) is 4.83 Å². The van der Waals surface area contributed by atoms with Gasteiger partial charge in [0.2, 0.25) is 0 Å². The Kier molecular flexibility index (Phi) is 5.61. The molecule has 1 N–H and O–H groups in total. The lowest BCUT2D eigenvalue weighted by Gasteiger charge is -2.23. The van der Waals surface area contributed by atoms with Crippen molar-refractivity contribution in [2.24, 2.45) is 0 Å². The Labute approximate surface area is 206 Å². The monoisotopic (exact) mass is 477 g/mol. The van der Waals surface area contributed by atoms with Gasteiger partial charge in [0.25, 0.3) is 5.56 Å². The van der Waals surface area contributed by atoms with E-state index in [-0.39, 0.29) is 5.56 Å². The minimum atomic E-state index is 0.0319. The van der Waals surface area contributed by atoms with Crippen molar-refractivity contribution in [1.82, 2.24) is 19.9 Å². The highest BCUT2D eigenvalue weighted by Crippen LogP contribution is 2.34. The highest BCUT2D eigenvalue weighted by Gasteiger charge is 2.25. The van der Waals surface area contributed by atoms with Gasteiger partial charge in [-0.05, 0) is 54.2 Å². The van der Waals surface area contributed by atoms with Crippen molar-refractivity contribution in [1.29, 1.82) is 5.26 Å². The van der Waals surface area contributed by atoms with Crippen molar-refractivity contribution in [3.05, 3.63) is 105 Å². The fourth-order valence-corrected chi connectivity index (χ4v) is 6.18. The summed E-state index contributed by atoms with van der Waals surface area (Å²) in [6.07, 6.45) is 6.22. The molecule has 3 heterocycles. The molecule has 0 radical (unpaired) electrons. The largest absolute Gasteiger partial charge is 0.310 e. The number of rotatable bonds is 5. The normalized spacial score (nSPS) is 15.2. The predicted molar refractivity (Wildman–Crippen MR) is 139 cm³/mol. The number of fused-ring (bicyclic) bond motifs is 4. The van der Waals surface area contributed by atoms with E-state index in [4.69, 9.17) is 5.26 Å². The van der Waals surface area contributed by atoms with Gasteiger partial charge in [-0.25, -0.2) is 4.98 Å². The molecule has 0 amide bonds. The third kappa shape index (κ3) is 4.12. The second kappa shape index (κ2) is 9.06. The maximum atomic E-state index is 13.5. The Bertz CT molecular complexity index is 1640. The molecule has 2 aromatic carbocycles. The number of pyridine rings is 1.